The standard InChI is InChI=1S/C16H16BrNO2/c1-20-16(19)13-6-2-4-11(8-13)9-15(18)12-5-3-7-14(17)10-12/h2-8,10,15H,9,18H2,1H3/t15-/m0/s1. The van der Waals surface area contributed by atoms with Crippen molar-refractivity contribution in [2.24, 2.45) is 5.73 Å². The molecule has 104 valence electrons. The van der Waals surface area contributed by atoms with E-state index in [4.69, 9.17) is 10.5 Å². The fraction of sp³-hybridized carbons (Fsp3) is 0.188. The minimum atomic E-state index is -0.331. The average molecular weight is 334 g/mol. The lowest BCUT2D eigenvalue weighted by Crippen LogP contribution is -2.13. The lowest BCUT2D eigenvalue weighted by molar-refractivity contribution is 0.0600. The number of halogens is 1. The van der Waals surface area contributed by atoms with Crippen molar-refractivity contribution in [2.75, 3.05) is 7.11 Å². The summed E-state index contributed by atoms with van der Waals surface area (Å²) in [5, 5.41) is 0. The zero-order chi connectivity index (χ0) is 14.5. The second kappa shape index (κ2) is 6.68. The molecule has 2 aromatic carbocycles. The van der Waals surface area contributed by atoms with Gasteiger partial charge in [-0.2, -0.15) is 0 Å². The molecule has 0 saturated carbocycles. The highest BCUT2D eigenvalue weighted by Crippen LogP contribution is 2.20. The number of hydrogen-bond acceptors (Lipinski definition) is 3. The van der Waals surface area contributed by atoms with E-state index in [1.807, 2.05) is 42.5 Å². The van der Waals surface area contributed by atoms with E-state index in [0.29, 0.717) is 12.0 Å². The molecule has 4 heteroatoms. The van der Waals surface area contributed by atoms with Crippen LogP contribution in [0.2, 0.25) is 0 Å². The molecule has 2 rings (SSSR count). The molecule has 0 aliphatic heterocycles. The topological polar surface area (TPSA) is 52.3 Å². The molecule has 0 fully saturated rings. The molecular weight excluding hydrogens is 318 g/mol. The second-order valence-corrected chi connectivity index (χ2v) is 5.47. The maximum absolute atomic E-state index is 11.5. The number of esters is 1. The van der Waals surface area contributed by atoms with E-state index < -0.39 is 0 Å². The summed E-state index contributed by atoms with van der Waals surface area (Å²) in [7, 11) is 1.38. The normalized spacial score (nSPS) is 11.9. The van der Waals surface area contributed by atoms with Crippen molar-refractivity contribution in [1.29, 1.82) is 0 Å². The van der Waals surface area contributed by atoms with Gasteiger partial charge in [-0.05, 0) is 41.8 Å². The Balaban J connectivity index is 2.15. The van der Waals surface area contributed by atoms with Crippen molar-refractivity contribution in [3.8, 4) is 0 Å². The Labute approximate surface area is 126 Å². The molecule has 0 radical (unpaired) electrons. The molecule has 1 atom stereocenters. The monoisotopic (exact) mass is 333 g/mol. The predicted octanol–water partition coefficient (Wildman–Crippen LogP) is 3.48. The van der Waals surface area contributed by atoms with Crippen LogP contribution in [0.5, 0.6) is 0 Å². The highest BCUT2D eigenvalue weighted by Gasteiger charge is 2.10. The summed E-state index contributed by atoms with van der Waals surface area (Å²) in [6, 6.07) is 15.2. The molecule has 20 heavy (non-hydrogen) atoms. The number of benzene rings is 2. The van der Waals surface area contributed by atoms with Crippen molar-refractivity contribution in [3.05, 3.63) is 69.7 Å². The van der Waals surface area contributed by atoms with Crippen LogP contribution >= 0.6 is 15.9 Å². The molecule has 0 aliphatic carbocycles. The third-order valence-corrected chi connectivity index (χ3v) is 3.57. The molecule has 0 unspecified atom stereocenters. The smallest absolute Gasteiger partial charge is 0.337 e. The summed E-state index contributed by atoms with van der Waals surface area (Å²) >= 11 is 3.44. The van der Waals surface area contributed by atoms with Gasteiger partial charge in [0.2, 0.25) is 0 Å². The van der Waals surface area contributed by atoms with Crippen molar-refractivity contribution < 1.29 is 9.53 Å². The zero-order valence-corrected chi connectivity index (χ0v) is 12.8. The van der Waals surface area contributed by atoms with Crippen LogP contribution in [0.4, 0.5) is 0 Å². The number of carbonyl (C=O) groups excluding carboxylic acids is 1. The van der Waals surface area contributed by atoms with Crippen LogP contribution < -0.4 is 5.73 Å². The Morgan fingerprint density at radius 1 is 1.25 bits per heavy atom. The van der Waals surface area contributed by atoms with Gasteiger partial charge in [0.15, 0.2) is 0 Å². The van der Waals surface area contributed by atoms with Gasteiger partial charge in [-0.15, -0.1) is 0 Å². The first-order valence-electron chi connectivity index (χ1n) is 6.28. The first-order chi connectivity index (χ1) is 9.60. The molecule has 0 heterocycles. The summed E-state index contributed by atoms with van der Waals surface area (Å²) < 4.78 is 5.73. The largest absolute Gasteiger partial charge is 0.465 e. The van der Waals surface area contributed by atoms with Gasteiger partial charge in [0, 0.05) is 10.5 Å². The lowest BCUT2D eigenvalue weighted by atomic mass is 9.98. The Hall–Kier alpha value is -1.65. The third kappa shape index (κ3) is 3.68. The van der Waals surface area contributed by atoms with Crippen LogP contribution in [0.25, 0.3) is 0 Å². The van der Waals surface area contributed by atoms with Gasteiger partial charge in [0.1, 0.15) is 0 Å². The molecule has 3 nitrogen and oxygen atoms in total. The van der Waals surface area contributed by atoms with Crippen molar-refractivity contribution in [2.45, 2.75) is 12.5 Å². The minimum Gasteiger partial charge on any atom is -0.465 e. The molecular formula is C16H16BrNO2. The quantitative estimate of drug-likeness (QED) is 0.871. The van der Waals surface area contributed by atoms with Gasteiger partial charge < -0.3 is 10.5 Å². The van der Waals surface area contributed by atoms with E-state index in [0.717, 1.165) is 15.6 Å². The van der Waals surface area contributed by atoms with Crippen LogP contribution in [0, 0.1) is 0 Å². The molecule has 0 aromatic heterocycles. The van der Waals surface area contributed by atoms with E-state index in [-0.39, 0.29) is 12.0 Å². The van der Waals surface area contributed by atoms with Crippen molar-refractivity contribution >= 4 is 21.9 Å². The fourth-order valence-corrected chi connectivity index (χ4v) is 2.47. The number of ether oxygens (including phenoxy) is 1. The van der Waals surface area contributed by atoms with Gasteiger partial charge in [0.25, 0.3) is 0 Å². The lowest BCUT2D eigenvalue weighted by Gasteiger charge is -2.13. The minimum absolute atomic E-state index is 0.111. The maximum atomic E-state index is 11.5. The second-order valence-electron chi connectivity index (χ2n) is 4.56. The van der Waals surface area contributed by atoms with Crippen LogP contribution in [0.15, 0.2) is 53.0 Å². The molecule has 2 aromatic rings. The Morgan fingerprint density at radius 2 is 2.00 bits per heavy atom. The Morgan fingerprint density at radius 3 is 2.70 bits per heavy atom. The summed E-state index contributed by atoms with van der Waals surface area (Å²) in [6.07, 6.45) is 0.668. The van der Waals surface area contributed by atoms with Gasteiger partial charge in [-0.1, -0.05) is 40.2 Å². The van der Waals surface area contributed by atoms with Crippen LogP contribution in [-0.4, -0.2) is 13.1 Å². The van der Waals surface area contributed by atoms with Crippen molar-refractivity contribution in [1.82, 2.24) is 0 Å². The van der Waals surface area contributed by atoms with Gasteiger partial charge in [-0.3, -0.25) is 0 Å². The van der Waals surface area contributed by atoms with Crippen molar-refractivity contribution in [3.63, 3.8) is 0 Å². The molecule has 0 spiro atoms. The molecule has 0 saturated heterocycles. The maximum Gasteiger partial charge on any atom is 0.337 e. The number of methoxy groups -OCH3 is 1. The van der Waals surface area contributed by atoms with Crippen LogP contribution in [0.3, 0.4) is 0 Å². The first-order valence-corrected chi connectivity index (χ1v) is 7.08. The van der Waals surface area contributed by atoms with Gasteiger partial charge >= 0.3 is 5.97 Å². The summed E-state index contributed by atoms with van der Waals surface area (Å²) in [5.41, 5.74) is 8.84. The van der Waals surface area contributed by atoms with Crippen LogP contribution in [-0.2, 0) is 11.2 Å². The molecule has 0 amide bonds. The van der Waals surface area contributed by atoms with Gasteiger partial charge in [-0.25, -0.2) is 4.79 Å². The summed E-state index contributed by atoms with van der Waals surface area (Å²) in [6.45, 7) is 0. The van der Waals surface area contributed by atoms with Crippen LogP contribution in [0.1, 0.15) is 27.5 Å². The molecule has 2 N–H and O–H groups in total. The summed E-state index contributed by atoms with van der Waals surface area (Å²) in [4.78, 5) is 11.5. The average Bonchev–Trinajstić information content (AvgIpc) is 2.46. The number of carbonyl (C=O) groups is 1. The number of nitrogens with two attached hydrogens (primary N) is 1. The number of hydrogen-bond donors (Lipinski definition) is 1. The molecule has 0 bridgehead atoms. The zero-order valence-electron chi connectivity index (χ0n) is 11.2. The van der Waals surface area contributed by atoms with E-state index in [1.165, 1.54) is 7.11 Å². The third-order valence-electron chi connectivity index (χ3n) is 3.08. The predicted molar refractivity (Wildman–Crippen MR) is 82.6 cm³/mol. The van der Waals surface area contributed by atoms with E-state index in [1.54, 1.807) is 6.07 Å². The highest BCUT2D eigenvalue weighted by atomic mass is 79.9. The first kappa shape index (κ1) is 14.8. The van der Waals surface area contributed by atoms with E-state index in [2.05, 4.69) is 15.9 Å². The molecule has 0 aliphatic rings. The van der Waals surface area contributed by atoms with Gasteiger partial charge in [0.05, 0.1) is 12.7 Å². The summed E-state index contributed by atoms with van der Waals surface area (Å²) in [5.74, 6) is -0.331. The highest BCUT2D eigenvalue weighted by molar-refractivity contribution is 9.10. The SMILES string of the molecule is COC(=O)c1cccc(C[C@H](N)c2cccc(Br)c2)c1. The fourth-order valence-electron chi connectivity index (χ4n) is 2.05. The van der Waals surface area contributed by atoms with E-state index >= 15 is 0 Å². The Kier molecular flexibility index (Phi) is 4.93. The Bertz CT molecular complexity index is 613. The number of rotatable bonds is 4. The van der Waals surface area contributed by atoms with E-state index in [9.17, 15) is 4.79 Å².